The van der Waals surface area contributed by atoms with Crippen molar-refractivity contribution in [2.75, 3.05) is 5.32 Å². The van der Waals surface area contributed by atoms with E-state index in [2.05, 4.69) is 5.32 Å². The molecule has 5 heteroatoms. The maximum Gasteiger partial charge on any atom is 0.345 e. The topological polar surface area (TPSA) is 66.4 Å². The fourth-order valence-electron chi connectivity index (χ4n) is 1.18. The summed E-state index contributed by atoms with van der Waals surface area (Å²) >= 11 is 1.06. The molecule has 0 atom stereocenters. The molecule has 1 amide bonds. The highest BCUT2D eigenvalue weighted by Gasteiger charge is 2.16. The van der Waals surface area contributed by atoms with Crippen LogP contribution in [0.3, 0.4) is 0 Å². The average Bonchev–Trinajstić information content (AvgIpc) is 2.48. The number of nitrogens with one attached hydrogen (secondary N) is 1. The largest absolute Gasteiger partial charge is 0.477 e. The van der Waals surface area contributed by atoms with Crippen LogP contribution in [-0.2, 0) is 4.79 Å². The maximum absolute atomic E-state index is 11.6. The van der Waals surface area contributed by atoms with Crippen LogP contribution in [0.2, 0.25) is 0 Å². The molecule has 2 N–H and O–H groups in total. The minimum atomic E-state index is -0.971. The van der Waals surface area contributed by atoms with E-state index in [9.17, 15) is 9.59 Å². The van der Waals surface area contributed by atoms with Gasteiger partial charge in [-0.3, -0.25) is 4.79 Å². The molecule has 0 aliphatic carbocycles. The zero-order chi connectivity index (χ0) is 12.3. The third-order valence-corrected chi connectivity index (χ3v) is 2.76. The number of carboxylic acid groups (broad SMARTS) is 1. The zero-order valence-corrected chi connectivity index (χ0v) is 10.4. The molecule has 0 unspecified atom stereocenters. The van der Waals surface area contributed by atoms with Crippen LogP contribution >= 0.6 is 11.3 Å². The molecule has 0 aliphatic rings. The van der Waals surface area contributed by atoms with Gasteiger partial charge in [0.1, 0.15) is 4.88 Å². The molecular formula is C11H15NO3S. The summed E-state index contributed by atoms with van der Waals surface area (Å²) in [4.78, 5) is 22.4. The number of hydrogen-bond acceptors (Lipinski definition) is 3. The molecule has 0 aliphatic heterocycles. The SMILES string of the molecule is CC(C)(C)CC(=O)Nc1ccc(C(=O)O)s1. The van der Waals surface area contributed by atoms with Gasteiger partial charge in [-0.25, -0.2) is 4.79 Å². The van der Waals surface area contributed by atoms with Gasteiger partial charge in [0, 0.05) is 6.42 Å². The van der Waals surface area contributed by atoms with Crippen LogP contribution in [0.25, 0.3) is 0 Å². The Morgan fingerprint density at radius 2 is 2.00 bits per heavy atom. The number of carbonyl (C=O) groups excluding carboxylic acids is 1. The van der Waals surface area contributed by atoms with E-state index in [1.807, 2.05) is 20.8 Å². The van der Waals surface area contributed by atoms with Crippen LogP contribution in [0.5, 0.6) is 0 Å². The summed E-state index contributed by atoms with van der Waals surface area (Å²) in [5.74, 6) is -1.06. The number of carbonyl (C=O) groups is 2. The van der Waals surface area contributed by atoms with E-state index >= 15 is 0 Å². The second-order valence-electron chi connectivity index (χ2n) is 4.75. The first-order chi connectivity index (χ1) is 7.28. The fraction of sp³-hybridized carbons (Fsp3) is 0.455. The van der Waals surface area contributed by atoms with Crippen LogP contribution in [0, 0.1) is 5.41 Å². The van der Waals surface area contributed by atoms with E-state index in [1.165, 1.54) is 6.07 Å². The normalized spacial score (nSPS) is 11.2. The zero-order valence-electron chi connectivity index (χ0n) is 9.53. The number of aromatic carboxylic acids is 1. The number of amides is 1. The van der Waals surface area contributed by atoms with Gasteiger partial charge in [0.15, 0.2) is 0 Å². The van der Waals surface area contributed by atoms with Gasteiger partial charge in [-0.05, 0) is 17.5 Å². The Balaban J connectivity index is 2.60. The molecule has 1 aromatic heterocycles. The molecule has 0 saturated carbocycles. The Hall–Kier alpha value is -1.36. The average molecular weight is 241 g/mol. The third-order valence-electron chi connectivity index (χ3n) is 1.77. The van der Waals surface area contributed by atoms with E-state index in [1.54, 1.807) is 6.07 Å². The summed E-state index contributed by atoms with van der Waals surface area (Å²) in [5.41, 5.74) is -0.0724. The van der Waals surface area contributed by atoms with Crippen molar-refractivity contribution in [3.05, 3.63) is 17.0 Å². The summed E-state index contributed by atoms with van der Waals surface area (Å²) < 4.78 is 0. The van der Waals surface area contributed by atoms with E-state index in [4.69, 9.17) is 5.11 Å². The lowest BCUT2D eigenvalue weighted by molar-refractivity contribution is -0.117. The first-order valence-corrected chi connectivity index (χ1v) is 5.72. The molecule has 88 valence electrons. The van der Waals surface area contributed by atoms with Crippen LogP contribution in [-0.4, -0.2) is 17.0 Å². The van der Waals surface area contributed by atoms with E-state index in [0.29, 0.717) is 11.4 Å². The van der Waals surface area contributed by atoms with Crippen molar-refractivity contribution in [1.82, 2.24) is 0 Å². The molecule has 1 aromatic rings. The van der Waals surface area contributed by atoms with Crippen molar-refractivity contribution in [3.8, 4) is 0 Å². The molecular weight excluding hydrogens is 226 g/mol. The molecule has 0 bridgehead atoms. The summed E-state index contributed by atoms with van der Waals surface area (Å²) in [5, 5.41) is 12.0. The number of thiophene rings is 1. The highest BCUT2D eigenvalue weighted by Crippen LogP contribution is 2.24. The van der Waals surface area contributed by atoms with E-state index in [-0.39, 0.29) is 16.2 Å². The Morgan fingerprint density at radius 3 is 2.44 bits per heavy atom. The quantitative estimate of drug-likeness (QED) is 0.855. The molecule has 0 spiro atoms. The number of hydrogen-bond donors (Lipinski definition) is 2. The van der Waals surface area contributed by atoms with Gasteiger partial charge in [0.2, 0.25) is 5.91 Å². The third kappa shape index (κ3) is 4.02. The van der Waals surface area contributed by atoms with Crippen molar-refractivity contribution >= 4 is 28.2 Å². The van der Waals surface area contributed by atoms with Crippen LogP contribution in [0.4, 0.5) is 5.00 Å². The molecule has 4 nitrogen and oxygen atoms in total. The lowest BCUT2D eigenvalue weighted by Gasteiger charge is -2.16. The van der Waals surface area contributed by atoms with Crippen molar-refractivity contribution in [2.24, 2.45) is 5.41 Å². The van der Waals surface area contributed by atoms with Crippen LogP contribution in [0.1, 0.15) is 36.9 Å². The van der Waals surface area contributed by atoms with Crippen molar-refractivity contribution in [2.45, 2.75) is 27.2 Å². The second kappa shape index (κ2) is 4.65. The maximum atomic E-state index is 11.6. The predicted octanol–water partition coefficient (Wildman–Crippen LogP) is 2.82. The molecule has 0 radical (unpaired) electrons. The van der Waals surface area contributed by atoms with Gasteiger partial charge >= 0.3 is 5.97 Å². The van der Waals surface area contributed by atoms with Gasteiger partial charge in [-0.2, -0.15) is 0 Å². The predicted molar refractivity (Wildman–Crippen MR) is 64.0 cm³/mol. The van der Waals surface area contributed by atoms with E-state index in [0.717, 1.165) is 11.3 Å². The monoisotopic (exact) mass is 241 g/mol. The molecule has 0 saturated heterocycles. The first kappa shape index (κ1) is 12.7. The number of carboxylic acids is 1. The van der Waals surface area contributed by atoms with E-state index < -0.39 is 5.97 Å². The van der Waals surface area contributed by atoms with Crippen molar-refractivity contribution in [1.29, 1.82) is 0 Å². The van der Waals surface area contributed by atoms with Gasteiger partial charge in [0.05, 0.1) is 5.00 Å². The standard InChI is InChI=1S/C11H15NO3S/c1-11(2,3)6-8(13)12-9-5-4-7(16-9)10(14)15/h4-5H,6H2,1-3H3,(H,12,13)(H,14,15). The summed E-state index contributed by atoms with van der Waals surface area (Å²) in [6.07, 6.45) is 0.410. The molecule has 1 heterocycles. The molecule has 0 aromatic carbocycles. The highest BCUT2D eigenvalue weighted by molar-refractivity contribution is 7.18. The lowest BCUT2D eigenvalue weighted by atomic mass is 9.92. The summed E-state index contributed by atoms with van der Waals surface area (Å²) in [7, 11) is 0. The van der Waals surface area contributed by atoms with Crippen molar-refractivity contribution in [3.63, 3.8) is 0 Å². The Bertz CT molecular complexity index is 404. The fourth-order valence-corrected chi connectivity index (χ4v) is 1.94. The molecule has 1 rings (SSSR count). The minimum absolute atomic E-state index is 0.0724. The smallest absolute Gasteiger partial charge is 0.345 e. The molecule has 16 heavy (non-hydrogen) atoms. The van der Waals surface area contributed by atoms with Crippen LogP contribution < -0.4 is 5.32 Å². The Labute approximate surface area is 98.3 Å². The van der Waals surface area contributed by atoms with Gasteiger partial charge < -0.3 is 10.4 Å². The Morgan fingerprint density at radius 1 is 1.38 bits per heavy atom. The molecule has 0 fully saturated rings. The van der Waals surface area contributed by atoms with Crippen molar-refractivity contribution < 1.29 is 14.7 Å². The van der Waals surface area contributed by atoms with Gasteiger partial charge in [0.25, 0.3) is 0 Å². The highest BCUT2D eigenvalue weighted by atomic mass is 32.1. The van der Waals surface area contributed by atoms with Gasteiger partial charge in [-0.1, -0.05) is 20.8 Å². The first-order valence-electron chi connectivity index (χ1n) is 4.91. The summed E-state index contributed by atoms with van der Waals surface area (Å²) in [6, 6.07) is 3.09. The summed E-state index contributed by atoms with van der Waals surface area (Å²) in [6.45, 7) is 5.93. The van der Waals surface area contributed by atoms with Crippen LogP contribution in [0.15, 0.2) is 12.1 Å². The Kier molecular flexibility index (Phi) is 3.70. The number of anilines is 1. The minimum Gasteiger partial charge on any atom is -0.477 e. The number of rotatable bonds is 3. The lowest BCUT2D eigenvalue weighted by Crippen LogP contribution is -2.19. The van der Waals surface area contributed by atoms with Gasteiger partial charge in [-0.15, -0.1) is 11.3 Å². The second-order valence-corrected chi connectivity index (χ2v) is 5.84.